The SMILES string of the molecule is CCCNc1cc(N2CCC(CCC(=O)NCCN3CCCCC3)CC2)ncn1. The predicted molar refractivity (Wildman–Crippen MR) is 118 cm³/mol. The van der Waals surface area contributed by atoms with Gasteiger partial charge in [-0.1, -0.05) is 13.3 Å². The molecule has 2 saturated heterocycles. The standard InChI is InChI=1S/C22H38N6O/c1-2-10-23-20-17-21(26-18-25-20)28-14-8-19(9-15-28)6-7-22(29)24-11-16-27-12-4-3-5-13-27/h17-19H,2-16H2,1H3,(H,24,29)(H,23,25,26). The molecule has 0 atom stereocenters. The first-order chi connectivity index (χ1) is 14.2. The zero-order chi connectivity index (χ0) is 20.3. The summed E-state index contributed by atoms with van der Waals surface area (Å²) in [6.07, 6.45) is 10.6. The summed E-state index contributed by atoms with van der Waals surface area (Å²) in [6.45, 7) is 9.26. The van der Waals surface area contributed by atoms with E-state index in [1.807, 2.05) is 6.07 Å². The van der Waals surface area contributed by atoms with Crippen molar-refractivity contribution in [2.24, 2.45) is 5.92 Å². The maximum Gasteiger partial charge on any atom is 0.220 e. The monoisotopic (exact) mass is 402 g/mol. The molecule has 0 aliphatic carbocycles. The van der Waals surface area contributed by atoms with Gasteiger partial charge in [-0.15, -0.1) is 0 Å². The van der Waals surface area contributed by atoms with Crippen LogP contribution in [0.5, 0.6) is 0 Å². The number of aromatic nitrogens is 2. The molecule has 0 radical (unpaired) electrons. The van der Waals surface area contributed by atoms with Crippen molar-refractivity contribution >= 4 is 17.5 Å². The van der Waals surface area contributed by atoms with Crippen molar-refractivity contribution in [1.82, 2.24) is 20.2 Å². The lowest BCUT2D eigenvalue weighted by Crippen LogP contribution is -2.38. The van der Waals surface area contributed by atoms with Gasteiger partial charge in [0.25, 0.3) is 0 Å². The summed E-state index contributed by atoms with van der Waals surface area (Å²) in [5.41, 5.74) is 0. The van der Waals surface area contributed by atoms with Gasteiger partial charge in [-0.25, -0.2) is 9.97 Å². The van der Waals surface area contributed by atoms with E-state index in [2.05, 4.69) is 37.3 Å². The van der Waals surface area contributed by atoms with Gasteiger partial charge in [0.05, 0.1) is 0 Å². The number of piperidine rings is 2. The van der Waals surface area contributed by atoms with Crippen LogP contribution in [-0.4, -0.2) is 66.6 Å². The molecule has 1 aromatic heterocycles. The van der Waals surface area contributed by atoms with E-state index < -0.39 is 0 Å². The van der Waals surface area contributed by atoms with Crippen molar-refractivity contribution in [3.05, 3.63) is 12.4 Å². The molecule has 3 rings (SSSR count). The fraction of sp³-hybridized carbons (Fsp3) is 0.773. The Bertz CT molecular complexity index is 611. The Balaban J connectivity index is 1.31. The van der Waals surface area contributed by atoms with Crippen molar-refractivity contribution in [1.29, 1.82) is 0 Å². The third-order valence-electron chi connectivity index (χ3n) is 6.13. The van der Waals surface area contributed by atoms with Crippen LogP contribution in [0.1, 0.15) is 58.3 Å². The van der Waals surface area contributed by atoms with Crippen molar-refractivity contribution in [2.75, 3.05) is 56.0 Å². The average Bonchev–Trinajstić information content (AvgIpc) is 2.77. The Kier molecular flexibility index (Phi) is 8.99. The molecule has 1 aromatic rings. The molecular weight excluding hydrogens is 364 g/mol. The average molecular weight is 403 g/mol. The van der Waals surface area contributed by atoms with Gasteiger partial charge >= 0.3 is 0 Å². The fourth-order valence-electron chi connectivity index (χ4n) is 4.28. The molecule has 7 heteroatoms. The van der Waals surface area contributed by atoms with Crippen LogP contribution in [0.3, 0.4) is 0 Å². The second-order valence-electron chi connectivity index (χ2n) is 8.41. The highest BCUT2D eigenvalue weighted by Crippen LogP contribution is 2.25. The molecule has 0 bridgehead atoms. The molecule has 3 heterocycles. The Morgan fingerprint density at radius 1 is 1.10 bits per heavy atom. The molecular formula is C22H38N6O. The maximum absolute atomic E-state index is 12.2. The van der Waals surface area contributed by atoms with Crippen LogP contribution in [0.2, 0.25) is 0 Å². The molecule has 0 aromatic carbocycles. The first-order valence-electron chi connectivity index (χ1n) is 11.5. The molecule has 0 unspecified atom stereocenters. The summed E-state index contributed by atoms with van der Waals surface area (Å²) < 4.78 is 0. The van der Waals surface area contributed by atoms with Crippen LogP contribution in [-0.2, 0) is 4.79 Å². The van der Waals surface area contributed by atoms with Crippen LogP contribution < -0.4 is 15.5 Å². The van der Waals surface area contributed by atoms with E-state index in [9.17, 15) is 4.79 Å². The largest absolute Gasteiger partial charge is 0.370 e. The Labute approximate surface area is 175 Å². The molecule has 162 valence electrons. The minimum Gasteiger partial charge on any atom is -0.370 e. The molecule has 2 aliphatic rings. The normalized spacial score (nSPS) is 18.6. The topological polar surface area (TPSA) is 73.4 Å². The zero-order valence-corrected chi connectivity index (χ0v) is 18.0. The van der Waals surface area contributed by atoms with Crippen LogP contribution >= 0.6 is 0 Å². The lowest BCUT2D eigenvalue weighted by atomic mass is 9.92. The minimum absolute atomic E-state index is 0.215. The number of amides is 1. The highest BCUT2D eigenvalue weighted by molar-refractivity contribution is 5.75. The van der Waals surface area contributed by atoms with E-state index in [0.717, 1.165) is 70.0 Å². The minimum atomic E-state index is 0.215. The predicted octanol–water partition coefficient (Wildman–Crippen LogP) is 2.90. The van der Waals surface area contributed by atoms with Gasteiger partial charge in [0.1, 0.15) is 18.0 Å². The summed E-state index contributed by atoms with van der Waals surface area (Å²) in [7, 11) is 0. The van der Waals surface area contributed by atoms with Gasteiger partial charge in [0.15, 0.2) is 0 Å². The fourth-order valence-corrected chi connectivity index (χ4v) is 4.28. The van der Waals surface area contributed by atoms with E-state index in [-0.39, 0.29) is 5.91 Å². The Morgan fingerprint density at radius 2 is 1.90 bits per heavy atom. The molecule has 2 N–H and O–H groups in total. The van der Waals surface area contributed by atoms with E-state index in [1.165, 1.54) is 32.4 Å². The smallest absolute Gasteiger partial charge is 0.220 e. The van der Waals surface area contributed by atoms with Gasteiger partial charge in [-0.05, 0) is 57.5 Å². The maximum atomic E-state index is 12.2. The Hall–Kier alpha value is -1.89. The van der Waals surface area contributed by atoms with Gasteiger partial charge in [0, 0.05) is 45.2 Å². The van der Waals surface area contributed by atoms with E-state index >= 15 is 0 Å². The van der Waals surface area contributed by atoms with Crippen LogP contribution in [0.15, 0.2) is 12.4 Å². The summed E-state index contributed by atoms with van der Waals surface area (Å²) in [4.78, 5) is 25.7. The van der Waals surface area contributed by atoms with Crippen molar-refractivity contribution in [3.63, 3.8) is 0 Å². The molecule has 1 amide bonds. The number of nitrogens with zero attached hydrogens (tertiary/aromatic N) is 4. The number of carbonyl (C=O) groups is 1. The van der Waals surface area contributed by atoms with E-state index in [0.29, 0.717) is 12.3 Å². The third-order valence-corrected chi connectivity index (χ3v) is 6.13. The molecule has 2 aliphatic heterocycles. The number of carbonyl (C=O) groups excluding carboxylic acids is 1. The van der Waals surface area contributed by atoms with Crippen LogP contribution in [0.4, 0.5) is 11.6 Å². The van der Waals surface area contributed by atoms with E-state index in [1.54, 1.807) is 6.33 Å². The highest BCUT2D eigenvalue weighted by Gasteiger charge is 2.21. The van der Waals surface area contributed by atoms with Crippen molar-refractivity contribution in [3.8, 4) is 0 Å². The number of nitrogens with one attached hydrogen (secondary N) is 2. The highest BCUT2D eigenvalue weighted by atomic mass is 16.1. The zero-order valence-electron chi connectivity index (χ0n) is 18.0. The van der Waals surface area contributed by atoms with Gasteiger partial charge in [-0.2, -0.15) is 0 Å². The molecule has 0 saturated carbocycles. The third kappa shape index (κ3) is 7.46. The molecule has 2 fully saturated rings. The number of hydrogen-bond acceptors (Lipinski definition) is 6. The van der Waals surface area contributed by atoms with Crippen LogP contribution in [0, 0.1) is 5.92 Å². The molecule has 7 nitrogen and oxygen atoms in total. The quantitative estimate of drug-likeness (QED) is 0.627. The van der Waals surface area contributed by atoms with Gasteiger partial charge in [0.2, 0.25) is 5.91 Å². The van der Waals surface area contributed by atoms with Gasteiger partial charge < -0.3 is 20.4 Å². The number of likely N-dealkylation sites (tertiary alicyclic amines) is 1. The first-order valence-corrected chi connectivity index (χ1v) is 11.5. The lowest BCUT2D eigenvalue weighted by molar-refractivity contribution is -0.121. The number of rotatable bonds is 10. The second-order valence-corrected chi connectivity index (χ2v) is 8.41. The summed E-state index contributed by atoms with van der Waals surface area (Å²) in [5, 5.41) is 6.44. The summed E-state index contributed by atoms with van der Waals surface area (Å²) in [5.74, 6) is 2.76. The molecule has 0 spiro atoms. The second kappa shape index (κ2) is 12.0. The van der Waals surface area contributed by atoms with Crippen molar-refractivity contribution < 1.29 is 4.79 Å². The number of hydrogen-bond donors (Lipinski definition) is 2. The van der Waals surface area contributed by atoms with Gasteiger partial charge in [-0.3, -0.25) is 4.79 Å². The first kappa shape index (κ1) is 21.8. The van der Waals surface area contributed by atoms with E-state index in [4.69, 9.17) is 0 Å². The molecule has 29 heavy (non-hydrogen) atoms. The lowest BCUT2D eigenvalue weighted by Gasteiger charge is -2.32. The summed E-state index contributed by atoms with van der Waals surface area (Å²) in [6, 6.07) is 2.05. The van der Waals surface area contributed by atoms with Crippen LogP contribution in [0.25, 0.3) is 0 Å². The summed E-state index contributed by atoms with van der Waals surface area (Å²) >= 11 is 0. The van der Waals surface area contributed by atoms with Crippen molar-refractivity contribution in [2.45, 2.75) is 58.3 Å². The number of anilines is 2. The Morgan fingerprint density at radius 3 is 2.66 bits per heavy atom.